The SMILES string of the molecule is COc1ccc([C@H]2C[C@]3(c4ccccc4)ON=C(c4ccccc4)N3c3ccccc3S2)cc1. The highest BCUT2D eigenvalue weighted by Gasteiger charge is 2.52. The van der Waals surface area contributed by atoms with E-state index in [-0.39, 0.29) is 5.25 Å². The van der Waals surface area contributed by atoms with E-state index in [1.807, 2.05) is 48.2 Å². The lowest BCUT2D eigenvalue weighted by Gasteiger charge is -2.37. The Morgan fingerprint density at radius 1 is 0.853 bits per heavy atom. The zero-order valence-corrected chi connectivity index (χ0v) is 19.6. The van der Waals surface area contributed by atoms with E-state index in [1.165, 1.54) is 10.5 Å². The van der Waals surface area contributed by atoms with Crippen LogP contribution in [-0.4, -0.2) is 12.9 Å². The van der Waals surface area contributed by atoms with Crippen molar-refractivity contribution < 1.29 is 9.57 Å². The molecule has 2 heterocycles. The van der Waals surface area contributed by atoms with Crippen LogP contribution in [0.5, 0.6) is 5.75 Å². The fourth-order valence-corrected chi connectivity index (χ4v) is 6.11. The number of para-hydroxylation sites is 1. The van der Waals surface area contributed by atoms with Crippen molar-refractivity contribution in [3.63, 3.8) is 0 Å². The molecule has 4 aromatic rings. The number of benzene rings is 4. The fourth-order valence-electron chi connectivity index (χ4n) is 4.77. The average Bonchev–Trinajstić information content (AvgIpc) is 3.22. The first-order valence-electron chi connectivity index (χ1n) is 11.4. The molecule has 0 radical (unpaired) electrons. The second kappa shape index (κ2) is 8.58. The number of oxime groups is 1. The molecule has 0 unspecified atom stereocenters. The zero-order chi connectivity index (χ0) is 23.0. The Labute approximate surface area is 203 Å². The Morgan fingerprint density at radius 3 is 2.26 bits per heavy atom. The molecule has 2 atom stereocenters. The number of methoxy groups -OCH3 is 1. The highest BCUT2D eigenvalue weighted by molar-refractivity contribution is 7.99. The van der Waals surface area contributed by atoms with Crippen LogP contribution < -0.4 is 9.64 Å². The molecule has 2 aliphatic heterocycles. The summed E-state index contributed by atoms with van der Waals surface area (Å²) in [7, 11) is 1.70. The van der Waals surface area contributed by atoms with E-state index in [2.05, 4.69) is 77.7 Å². The Bertz CT molecular complexity index is 1330. The van der Waals surface area contributed by atoms with Crippen molar-refractivity contribution in [3.8, 4) is 5.75 Å². The first-order chi connectivity index (χ1) is 16.8. The van der Waals surface area contributed by atoms with Crippen molar-refractivity contribution >= 4 is 23.3 Å². The molecule has 6 rings (SSSR count). The summed E-state index contributed by atoms with van der Waals surface area (Å²) in [4.78, 5) is 10.0. The van der Waals surface area contributed by atoms with Crippen LogP contribution >= 0.6 is 11.8 Å². The van der Waals surface area contributed by atoms with Gasteiger partial charge in [0.15, 0.2) is 5.84 Å². The number of rotatable bonds is 4. The van der Waals surface area contributed by atoms with Gasteiger partial charge >= 0.3 is 0 Å². The first kappa shape index (κ1) is 20.9. The van der Waals surface area contributed by atoms with Crippen LogP contribution in [0.4, 0.5) is 5.69 Å². The Kier molecular flexibility index (Phi) is 5.27. The van der Waals surface area contributed by atoms with E-state index in [4.69, 9.17) is 14.7 Å². The fraction of sp³-hybridized carbons (Fsp3) is 0.138. The summed E-state index contributed by atoms with van der Waals surface area (Å²) in [6.45, 7) is 0. The van der Waals surface area contributed by atoms with Gasteiger partial charge in [-0.15, -0.1) is 11.8 Å². The number of ether oxygens (including phenoxy) is 1. The number of thioether (sulfide) groups is 1. The predicted molar refractivity (Wildman–Crippen MR) is 137 cm³/mol. The molecule has 168 valence electrons. The van der Waals surface area contributed by atoms with Gasteiger partial charge in [0.25, 0.3) is 0 Å². The lowest BCUT2D eigenvalue weighted by Crippen LogP contribution is -2.47. The van der Waals surface area contributed by atoms with Gasteiger partial charge < -0.3 is 9.57 Å². The van der Waals surface area contributed by atoms with E-state index >= 15 is 0 Å². The minimum absolute atomic E-state index is 0.155. The van der Waals surface area contributed by atoms with Crippen molar-refractivity contribution in [2.45, 2.75) is 22.3 Å². The number of anilines is 1. The zero-order valence-electron chi connectivity index (χ0n) is 18.8. The molecule has 0 amide bonds. The Morgan fingerprint density at radius 2 is 1.53 bits per heavy atom. The molecule has 4 nitrogen and oxygen atoms in total. The van der Waals surface area contributed by atoms with Crippen molar-refractivity contribution in [2.75, 3.05) is 12.0 Å². The normalized spacial score (nSPS) is 21.0. The summed E-state index contributed by atoms with van der Waals surface area (Å²) in [5.41, 5.74) is 3.68. The predicted octanol–water partition coefficient (Wildman–Crippen LogP) is 6.98. The topological polar surface area (TPSA) is 34.1 Å². The summed E-state index contributed by atoms with van der Waals surface area (Å²) >= 11 is 1.87. The summed E-state index contributed by atoms with van der Waals surface area (Å²) in [5, 5.41) is 4.86. The van der Waals surface area contributed by atoms with Crippen LogP contribution in [0.1, 0.15) is 28.4 Å². The van der Waals surface area contributed by atoms with E-state index in [0.29, 0.717) is 0 Å². The van der Waals surface area contributed by atoms with Gasteiger partial charge in [0.1, 0.15) is 5.75 Å². The van der Waals surface area contributed by atoms with Gasteiger partial charge in [-0.1, -0.05) is 90.1 Å². The van der Waals surface area contributed by atoms with Crippen LogP contribution in [0.25, 0.3) is 0 Å². The molecular weight excluding hydrogens is 440 g/mol. The molecule has 4 aromatic carbocycles. The standard InChI is InChI=1S/C29H24N2O2S/c1-32-24-18-16-21(17-19-24)27-20-29(23-12-6-3-7-13-23)31(25-14-8-9-15-26(25)34-27)28(30-33-29)22-10-4-2-5-11-22/h2-19,27H,20H2,1H3/t27-,29-/m1/s1. The maximum absolute atomic E-state index is 6.51. The maximum atomic E-state index is 6.51. The maximum Gasteiger partial charge on any atom is 0.242 e. The van der Waals surface area contributed by atoms with E-state index < -0.39 is 5.72 Å². The smallest absolute Gasteiger partial charge is 0.242 e. The first-order valence-corrected chi connectivity index (χ1v) is 12.2. The number of amidine groups is 1. The molecule has 0 saturated heterocycles. The van der Waals surface area contributed by atoms with E-state index in [1.54, 1.807) is 7.11 Å². The van der Waals surface area contributed by atoms with Crippen molar-refractivity contribution in [1.29, 1.82) is 0 Å². The molecule has 0 saturated carbocycles. The second-order valence-electron chi connectivity index (χ2n) is 8.41. The summed E-state index contributed by atoms with van der Waals surface area (Å²) in [6, 6.07) is 37.7. The van der Waals surface area contributed by atoms with Gasteiger partial charge in [-0.2, -0.15) is 0 Å². The number of nitrogens with zero attached hydrogens (tertiary/aromatic N) is 2. The largest absolute Gasteiger partial charge is 0.497 e. The number of fused-ring (bicyclic) bond motifs is 3. The minimum atomic E-state index is -0.767. The summed E-state index contributed by atoms with van der Waals surface area (Å²) in [6.07, 6.45) is 0.725. The second-order valence-corrected chi connectivity index (χ2v) is 9.65. The third-order valence-corrected chi connectivity index (χ3v) is 7.76. The summed E-state index contributed by atoms with van der Waals surface area (Å²) < 4.78 is 5.40. The monoisotopic (exact) mass is 464 g/mol. The molecule has 5 heteroatoms. The third-order valence-electron chi connectivity index (χ3n) is 6.44. The van der Waals surface area contributed by atoms with Gasteiger partial charge in [-0.25, -0.2) is 0 Å². The molecular formula is C29H24N2O2S. The molecule has 34 heavy (non-hydrogen) atoms. The molecule has 0 bridgehead atoms. The van der Waals surface area contributed by atoms with Crippen LogP contribution in [0.3, 0.4) is 0 Å². The quantitative estimate of drug-likeness (QED) is 0.326. The Hall–Kier alpha value is -3.70. The minimum Gasteiger partial charge on any atom is -0.497 e. The highest BCUT2D eigenvalue weighted by atomic mass is 32.2. The highest BCUT2D eigenvalue weighted by Crippen LogP contribution is 2.56. The van der Waals surface area contributed by atoms with Crippen molar-refractivity contribution in [3.05, 3.63) is 126 Å². The van der Waals surface area contributed by atoms with Crippen LogP contribution in [0.15, 0.2) is 119 Å². The molecule has 2 aliphatic rings. The van der Waals surface area contributed by atoms with Crippen molar-refractivity contribution in [2.24, 2.45) is 5.16 Å². The molecule has 0 aliphatic carbocycles. The Balaban J connectivity index is 1.55. The third kappa shape index (κ3) is 3.44. The van der Waals surface area contributed by atoms with Crippen LogP contribution in [0, 0.1) is 0 Å². The summed E-state index contributed by atoms with van der Waals surface area (Å²) in [5.74, 6) is 1.68. The van der Waals surface area contributed by atoms with Crippen molar-refractivity contribution in [1.82, 2.24) is 0 Å². The molecule has 0 fully saturated rings. The van der Waals surface area contributed by atoms with E-state index in [0.717, 1.165) is 34.8 Å². The van der Waals surface area contributed by atoms with Gasteiger partial charge in [0, 0.05) is 27.7 Å². The lowest BCUT2D eigenvalue weighted by molar-refractivity contribution is -0.0283. The van der Waals surface area contributed by atoms with Gasteiger partial charge in [-0.3, -0.25) is 4.90 Å². The average molecular weight is 465 g/mol. The van der Waals surface area contributed by atoms with E-state index in [9.17, 15) is 0 Å². The number of hydrogen-bond acceptors (Lipinski definition) is 5. The van der Waals surface area contributed by atoms with Gasteiger partial charge in [0.05, 0.1) is 12.8 Å². The van der Waals surface area contributed by atoms with Crippen LogP contribution in [0.2, 0.25) is 0 Å². The lowest BCUT2D eigenvalue weighted by atomic mass is 9.92. The molecule has 0 N–H and O–H groups in total. The van der Waals surface area contributed by atoms with Gasteiger partial charge in [0.2, 0.25) is 5.72 Å². The van der Waals surface area contributed by atoms with Gasteiger partial charge in [-0.05, 0) is 29.8 Å². The molecule has 0 aromatic heterocycles. The number of hydrogen-bond donors (Lipinski definition) is 0. The van der Waals surface area contributed by atoms with Crippen LogP contribution in [-0.2, 0) is 10.6 Å². The molecule has 0 spiro atoms.